The van der Waals surface area contributed by atoms with E-state index in [1.54, 1.807) is 0 Å². The Labute approximate surface area is 327 Å². The molecule has 0 amide bonds. The molecule has 0 saturated carbocycles. The monoisotopic (exact) mass is 720 g/mol. The highest BCUT2D eigenvalue weighted by Crippen LogP contribution is 2.59. The van der Waals surface area contributed by atoms with Crippen LogP contribution >= 0.6 is 0 Å². The summed E-state index contributed by atoms with van der Waals surface area (Å²) >= 11 is 0. The van der Waals surface area contributed by atoms with Crippen LogP contribution in [0.2, 0.25) is 0 Å². The summed E-state index contributed by atoms with van der Waals surface area (Å²) in [5.74, 6) is 0.494. The Morgan fingerprint density at radius 2 is 1.11 bits per heavy atom. The minimum atomic E-state index is -0.548. The van der Waals surface area contributed by atoms with E-state index < -0.39 is 5.41 Å². The third-order valence-corrected chi connectivity index (χ3v) is 11.3. The summed E-state index contributed by atoms with van der Waals surface area (Å²) < 4.78 is 2.50. The van der Waals surface area contributed by atoms with Crippen LogP contribution in [0.1, 0.15) is 38.9 Å². The smallest absolute Gasteiger partial charge is 0.150 e. The van der Waals surface area contributed by atoms with Crippen LogP contribution in [0.25, 0.3) is 38.6 Å². The Morgan fingerprint density at radius 1 is 0.518 bits per heavy atom. The number of nitrogens with zero attached hydrogens (tertiary/aromatic N) is 3. The number of nitrogens with two attached hydrogens (primary N) is 1. The van der Waals surface area contributed by atoms with Gasteiger partial charge in [-0.25, -0.2) is 0 Å². The van der Waals surface area contributed by atoms with E-state index in [0.717, 1.165) is 16.8 Å². The lowest BCUT2D eigenvalue weighted by molar-refractivity contribution is 0.270. The van der Waals surface area contributed by atoms with Gasteiger partial charge in [0.25, 0.3) is 0 Å². The summed E-state index contributed by atoms with van der Waals surface area (Å²) in [5.41, 5.74) is 20.5. The van der Waals surface area contributed by atoms with Gasteiger partial charge in [0.15, 0.2) is 5.84 Å². The molecule has 0 saturated heterocycles. The predicted molar refractivity (Wildman–Crippen MR) is 231 cm³/mol. The molecule has 0 atom stereocenters. The summed E-state index contributed by atoms with van der Waals surface area (Å²) in [5, 5.41) is 9.55. The van der Waals surface area contributed by atoms with Crippen LogP contribution in [0, 0.1) is 0 Å². The SMILES string of the molecule is NC(=NN(Cc1ccccc1)Cc1cccc(-n2c3ccccc3c3ccc4c(c32)C(c2ccccc2)(c2ccccc2)c2ccccc2-4)c1)c1ccccc1. The molecule has 1 aromatic heterocycles. The normalized spacial score (nSPS) is 13.1. The van der Waals surface area contributed by atoms with Crippen LogP contribution in [-0.2, 0) is 18.5 Å². The van der Waals surface area contributed by atoms with E-state index in [4.69, 9.17) is 10.8 Å². The average molecular weight is 721 g/mol. The molecule has 0 unspecified atom stereocenters. The molecule has 1 aliphatic carbocycles. The zero-order valence-electron chi connectivity index (χ0n) is 31.0. The third-order valence-electron chi connectivity index (χ3n) is 11.3. The van der Waals surface area contributed by atoms with Crippen molar-refractivity contribution in [2.24, 2.45) is 10.8 Å². The second-order valence-corrected chi connectivity index (χ2v) is 14.6. The first-order valence-electron chi connectivity index (χ1n) is 19.3. The Bertz CT molecular complexity index is 2820. The van der Waals surface area contributed by atoms with E-state index in [1.165, 1.54) is 60.8 Å². The molecule has 0 aliphatic heterocycles. The highest BCUT2D eigenvalue weighted by atomic mass is 15.5. The largest absolute Gasteiger partial charge is 0.382 e. The zero-order valence-corrected chi connectivity index (χ0v) is 31.0. The third kappa shape index (κ3) is 5.49. The number of hydrogen-bond donors (Lipinski definition) is 1. The molecule has 10 rings (SSSR count). The van der Waals surface area contributed by atoms with E-state index in [0.29, 0.717) is 18.9 Å². The molecule has 4 heteroatoms. The van der Waals surface area contributed by atoms with Crippen molar-refractivity contribution in [2.45, 2.75) is 18.5 Å². The lowest BCUT2D eigenvalue weighted by Gasteiger charge is -2.34. The molecular formula is C52H40N4. The summed E-state index contributed by atoms with van der Waals surface area (Å²) in [6.07, 6.45) is 0. The molecule has 0 fully saturated rings. The summed E-state index contributed by atoms with van der Waals surface area (Å²) in [4.78, 5) is 0. The second-order valence-electron chi connectivity index (χ2n) is 14.6. The Kier molecular flexibility index (Phi) is 8.30. The van der Waals surface area contributed by atoms with Crippen LogP contribution in [-0.4, -0.2) is 15.4 Å². The van der Waals surface area contributed by atoms with Crippen molar-refractivity contribution >= 4 is 27.6 Å². The minimum Gasteiger partial charge on any atom is -0.382 e. The van der Waals surface area contributed by atoms with Gasteiger partial charge >= 0.3 is 0 Å². The van der Waals surface area contributed by atoms with Crippen LogP contribution in [0.15, 0.2) is 211 Å². The van der Waals surface area contributed by atoms with Gasteiger partial charge in [0.1, 0.15) is 0 Å². The van der Waals surface area contributed by atoms with Gasteiger partial charge in [-0.2, -0.15) is 5.10 Å². The number of aromatic nitrogens is 1. The van der Waals surface area contributed by atoms with E-state index in [9.17, 15) is 0 Å². The lowest BCUT2D eigenvalue weighted by atomic mass is 9.67. The van der Waals surface area contributed by atoms with Gasteiger partial charge in [-0.3, -0.25) is 5.01 Å². The molecule has 0 bridgehead atoms. The Hall–Kier alpha value is -7.17. The Morgan fingerprint density at radius 3 is 1.84 bits per heavy atom. The van der Waals surface area contributed by atoms with E-state index in [1.807, 2.05) is 36.4 Å². The topological polar surface area (TPSA) is 46.5 Å². The van der Waals surface area contributed by atoms with Crippen molar-refractivity contribution < 1.29 is 0 Å². The van der Waals surface area contributed by atoms with Crippen molar-refractivity contribution in [3.63, 3.8) is 0 Å². The summed E-state index contributed by atoms with van der Waals surface area (Å²) in [6, 6.07) is 74.0. The van der Waals surface area contributed by atoms with Crippen LogP contribution < -0.4 is 5.73 Å². The molecule has 9 aromatic rings. The van der Waals surface area contributed by atoms with E-state index in [2.05, 4.69) is 179 Å². The number of hydrazone groups is 1. The number of para-hydroxylation sites is 1. The summed E-state index contributed by atoms with van der Waals surface area (Å²) in [7, 11) is 0. The highest BCUT2D eigenvalue weighted by molar-refractivity contribution is 6.13. The van der Waals surface area contributed by atoms with Crippen molar-refractivity contribution in [2.75, 3.05) is 0 Å². The fourth-order valence-corrected chi connectivity index (χ4v) is 9.00. The maximum atomic E-state index is 6.65. The first kappa shape index (κ1) is 33.4. The second kappa shape index (κ2) is 13.9. The molecule has 1 aliphatic rings. The van der Waals surface area contributed by atoms with Gasteiger partial charge < -0.3 is 10.3 Å². The van der Waals surface area contributed by atoms with Crippen molar-refractivity contribution in [3.05, 3.63) is 245 Å². The van der Waals surface area contributed by atoms with Gasteiger partial charge in [-0.1, -0.05) is 188 Å². The predicted octanol–water partition coefficient (Wildman–Crippen LogP) is 11.5. The number of amidine groups is 1. The van der Waals surface area contributed by atoms with Gasteiger partial charge in [-0.05, 0) is 57.1 Å². The highest BCUT2D eigenvalue weighted by Gasteiger charge is 2.48. The summed E-state index contributed by atoms with van der Waals surface area (Å²) in [6.45, 7) is 1.20. The van der Waals surface area contributed by atoms with Crippen molar-refractivity contribution in [1.82, 2.24) is 9.58 Å². The first-order valence-corrected chi connectivity index (χ1v) is 19.3. The molecule has 8 aromatic carbocycles. The molecule has 268 valence electrons. The number of hydrogen-bond acceptors (Lipinski definition) is 2. The molecule has 0 spiro atoms. The zero-order chi connectivity index (χ0) is 37.5. The standard InChI is InChI=1S/C52H40N4/c53-51(39-21-7-2-8-22-39)54-55(35-37-18-5-1-6-19-37)36-38-20-17-27-42(34-38)56-48-31-16-14-29-44(48)46-33-32-45-43-28-13-15-30-47(43)52(49(45)50(46)56,40-23-9-3-10-24-40)41-25-11-4-12-26-41/h1-34H,35-36H2,(H2,53,54). The molecular weight excluding hydrogens is 681 g/mol. The fraction of sp³-hybridized carbons (Fsp3) is 0.0577. The number of fused-ring (bicyclic) bond motifs is 7. The Balaban J connectivity index is 1.20. The molecule has 2 N–H and O–H groups in total. The van der Waals surface area contributed by atoms with Gasteiger partial charge in [0.05, 0.1) is 29.5 Å². The van der Waals surface area contributed by atoms with Crippen LogP contribution in [0.5, 0.6) is 0 Å². The van der Waals surface area contributed by atoms with Crippen molar-refractivity contribution in [1.29, 1.82) is 0 Å². The maximum Gasteiger partial charge on any atom is 0.150 e. The number of benzene rings is 8. The van der Waals surface area contributed by atoms with Gasteiger partial charge in [0.2, 0.25) is 0 Å². The molecule has 1 heterocycles. The molecule has 0 radical (unpaired) electrons. The minimum absolute atomic E-state index is 0.494. The van der Waals surface area contributed by atoms with E-state index in [-0.39, 0.29) is 0 Å². The fourth-order valence-electron chi connectivity index (χ4n) is 9.00. The van der Waals surface area contributed by atoms with Gasteiger partial charge in [0, 0.05) is 27.6 Å². The molecule has 56 heavy (non-hydrogen) atoms. The van der Waals surface area contributed by atoms with Crippen LogP contribution in [0.4, 0.5) is 0 Å². The van der Waals surface area contributed by atoms with Crippen molar-refractivity contribution in [3.8, 4) is 16.8 Å². The van der Waals surface area contributed by atoms with Crippen LogP contribution in [0.3, 0.4) is 0 Å². The van der Waals surface area contributed by atoms with E-state index >= 15 is 0 Å². The molecule has 4 nitrogen and oxygen atoms in total. The quantitative estimate of drug-likeness (QED) is 0.0917. The lowest BCUT2D eigenvalue weighted by Crippen LogP contribution is -2.29. The van der Waals surface area contributed by atoms with Gasteiger partial charge in [-0.15, -0.1) is 0 Å². The number of rotatable bonds is 9. The average Bonchev–Trinajstić information content (AvgIpc) is 3.76. The maximum absolute atomic E-state index is 6.65. The first-order chi connectivity index (χ1) is 27.7.